The number of carbonyl (C=O) groups excluding carboxylic acids is 2. The number of amides is 2. The van der Waals surface area contributed by atoms with Crippen LogP contribution in [0.4, 0.5) is 5.69 Å². The van der Waals surface area contributed by atoms with Gasteiger partial charge in [-0.05, 0) is 17.7 Å². The molecule has 0 radical (unpaired) electrons. The van der Waals surface area contributed by atoms with E-state index in [1.165, 1.54) is 17.8 Å². The van der Waals surface area contributed by atoms with Gasteiger partial charge in [-0.1, -0.05) is 54.2 Å². The minimum atomic E-state index is -0.178. The molecule has 1 aliphatic heterocycles. The van der Waals surface area contributed by atoms with E-state index < -0.39 is 0 Å². The molecule has 0 N–H and O–H groups in total. The van der Waals surface area contributed by atoms with Crippen molar-refractivity contribution >= 4 is 29.3 Å². The molecule has 2 aromatic carbocycles. The van der Waals surface area contributed by atoms with Crippen molar-refractivity contribution in [3.05, 3.63) is 71.1 Å². The summed E-state index contributed by atoms with van der Waals surface area (Å²) in [5.74, 6) is -0.331. The third-order valence-corrected chi connectivity index (χ3v) is 4.93. The zero-order chi connectivity index (χ0) is 17.1. The summed E-state index contributed by atoms with van der Waals surface area (Å²) in [6, 6.07) is 17.5. The molecule has 24 heavy (non-hydrogen) atoms. The van der Waals surface area contributed by atoms with Crippen LogP contribution in [-0.4, -0.2) is 30.8 Å². The number of para-hydroxylation sites is 1. The Kier molecular flexibility index (Phi) is 4.71. The van der Waals surface area contributed by atoms with Gasteiger partial charge in [0.05, 0.1) is 10.6 Å². The summed E-state index contributed by atoms with van der Waals surface area (Å²) in [6.07, 6.45) is 1.43. The smallest absolute Gasteiger partial charge is 0.265 e. The molecule has 0 saturated heterocycles. The lowest BCUT2D eigenvalue weighted by Crippen LogP contribution is -2.31. The van der Waals surface area contributed by atoms with E-state index in [2.05, 4.69) is 0 Å². The monoisotopic (exact) mass is 338 g/mol. The first-order valence-electron chi connectivity index (χ1n) is 7.62. The molecule has 122 valence electrons. The quantitative estimate of drug-likeness (QED) is 0.806. The molecular weight excluding hydrogens is 320 g/mol. The lowest BCUT2D eigenvalue weighted by Gasteiger charge is -2.27. The van der Waals surface area contributed by atoms with Gasteiger partial charge < -0.3 is 9.80 Å². The van der Waals surface area contributed by atoms with E-state index in [1.807, 2.05) is 54.6 Å². The van der Waals surface area contributed by atoms with E-state index in [4.69, 9.17) is 0 Å². The normalized spacial score (nSPS) is 15.3. The Morgan fingerprint density at radius 1 is 1.12 bits per heavy atom. The van der Waals surface area contributed by atoms with Gasteiger partial charge in [-0.2, -0.15) is 0 Å². The van der Waals surface area contributed by atoms with Crippen LogP contribution in [0.5, 0.6) is 0 Å². The van der Waals surface area contributed by atoms with Crippen molar-refractivity contribution in [2.24, 2.45) is 0 Å². The van der Waals surface area contributed by atoms with Crippen LogP contribution in [0.1, 0.15) is 5.56 Å². The number of nitrogens with zero attached hydrogens (tertiary/aromatic N) is 2. The second kappa shape index (κ2) is 6.93. The van der Waals surface area contributed by atoms with Crippen LogP contribution in [0, 0.1) is 0 Å². The second-order valence-corrected chi connectivity index (χ2v) is 6.71. The fourth-order valence-corrected chi connectivity index (χ4v) is 3.58. The van der Waals surface area contributed by atoms with Gasteiger partial charge in [-0.15, -0.1) is 0 Å². The first kappa shape index (κ1) is 16.3. The molecule has 3 rings (SSSR count). The van der Waals surface area contributed by atoms with Crippen LogP contribution < -0.4 is 4.90 Å². The highest BCUT2D eigenvalue weighted by Crippen LogP contribution is 2.40. The third kappa shape index (κ3) is 3.36. The van der Waals surface area contributed by atoms with Gasteiger partial charge in [0.1, 0.15) is 0 Å². The van der Waals surface area contributed by atoms with Crippen molar-refractivity contribution < 1.29 is 9.59 Å². The maximum atomic E-state index is 12.5. The molecule has 0 fully saturated rings. The van der Waals surface area contributed by atoms with Crippen molar-refractivity contribution in [2.75, 3.05) is 19.0 Å². The lowest BCUT2D eigenvalue weighted by atomic mass is 10.2. The average Bonchev–Trinajstić information content (AvgIpc) is 2.60. The first-order valence-corrected chi connectivity index (χ1v) is 8.43. The SMILES string of the molecule is CN(Cc1ccccc1)C(=O)/C=C1/Sc2ccccc2N(C)C1=O. The Balaban J connectivity index is 1.78. The fourth-order valence-electron chi connectivity index (χ4n) is 2.51. The van der Waals surface area contributed by atoms with Gasteiger partial charge in [0.25, 0.3) is 5.91 Å². The molecule has 0 unspecified atom stereocenters. The predicted molar refractivity (Wildman–Crippen MR) is 96.7 cm³/mol. The summed E-state index contributed by atoms with van der Waals surface area (Å²) >= 11 is 1.34. The van der Waals surface area contributed by atoms with Crippen molar-refractivity contribution in [2.45, 2.75) is 11.4 Å². The van der Waals surface area contributed by atoms with Crippen molar-refractivity contribution in [1.82, 2.24) is 4.90 Å². The van der Waals surface area contributed by atoms with E-state index in [0.717, 1.165) is 16.1 Å². The summed E-state index contributed by atoms with van der Waals surface area (Å²) in [5.41, 5.74) is 1.92. The van der Waals surface area contributed by atoms with Crippen LogP contribution in [0.2, 0.25) is 0 Å². The van der Waals surface area contributed by atoms with Crippen molar-refractivity contribution in [3.63, 3.8) is 0 Å². The number of carbonyl (C=O) groups is 2. The van der Waals surface area contributed by atoms with E-state index >= 15 is 0 Å². The topological polar surface area (TPSA) is 40.6 Å². The summed E-state index contributed by atoms with van der Waals surface area (Å²) < 4.78 is 0. The van der Waals surface area contributed by atoms with E-state index in [9.17, 15) is 9.59 Å². The van der Waals surface area contributed by atoms with Gasteiger partial charge >= 0.3 is 0 Å². The minimum absolute atomic E-state index is 0.153. The Morgan fingerprint density at radius 3 is 2.54 bits per heavy atom. The van der Waals surface area contributed by atoms with Crippen LogP contribution in [0.15, 0.2) is 70.5 Å². The number of benzene rings is 2. The Hall–Kier alpha value is -2.53. The van der Waals surface area contributed by atoms with Crippen LogP contribution in [-0.2, 0) is 16.1 Å². The molecule has 0 aliphatic carbocycles. The van der Waals surface area contributed by atoms with Crippen LogP contribution in [0.25, 0.3) is 0 Å². The first-order chi connectivity index (χ1) is 11.6. The largest absolute Gasteiger partial charge is 0.338 e. The molecule has 0 atom stereocenters. The highest BCUT2D eigenvalue weighted by atomic mass is 32.2. The third-order valence-electron chi connectivity index (χ3n) is 3.86. The zero-order valence-corrected chi connectivity index (χ0v) is 14.4. The molecule has 1 heterocycles. The molecule has 2 amide bonds. The van der Waals surface area contributed by atoms with Gasteiger partial charge in [0.2, 0.25) is 5.91 Å². The van der Waals surface area contributed by atoms with Crippen LogP contribution in [0.3, 0.4) is 0 Å². The van der Waals surface area contributed by atoms with E-state index in [-0.39, 0.29) is 11.8 Å². The maximum Gasteiger partial charge on any atom is 0.265 e. The molecule has 0 aromatic heterocycles. The lowest BCUT2D eigenvalue weighted by molar-refractivity contribution is -0.125. The van der Waals surface area contributed by atoms with E-state index in [1.54, 1.807) is 23.9 Å². The summed E-state index contributed by atoms with van der Waals surface area (Å²) in [6.45, 7) is 0.509. The van der Waals surface area contributed by atoms with Crippen LogP contribution >= 0.6 is 11.8 Å². The van der Waals surface area contributed by atoms with E-state index in [0.29, 0.717) is 11.4 Å². The maximum absolute atomic E-state index is 12.5. The van der Waals surface area contributed by atoms with Crippen molar-refractivity contribution in [3.8, 4) is 0 Å². The Morgan fingerprint density at radius 2 is 1.79 bits per heavy atom. The fraction of sp³-hybridized carbons (Fsp3) is 0.158. The molecule has 0 spiro atoms. The standard InChI is InChI=1S/C19H18N2O2S/c1-20(13-14-8-4-3-5-9-14)18(22)12-17-19(23)21(2)15-10-6-7-11-16(15)24-17/h3-12H,13H2,1-2H3/b17-12+. The molecule has 4 nitrogen and oxygen atoms in total. The molecule has 1 aliphatic rings. The number of fused-ring (bicyclic) bond motifs is 1. The van der Waals surface area contributed by atoms with Crippen molar-refractivity contribution in [1.29, 1.82) is 0 Å². The minimum Gasteiger partial charge on any atom is -0.338 e. The molecule has 0 saturated carbocycles. The highest BCUT2D eigenvalue weighted by molar-refractivity contribution is 8.04. The second-order valence-electron chi connectivity index (χ2n) is 5.62. The summed E-state index contributed by atoms with van der Waals surface area (Å²) in [7, 11) is 3.47. The summed E-state index contributed by atoms with van der Waals surface area (Å²) in [5, 5.41) is 0. The van der Waals surface area contributed by atoms with Gasteiger partial charge in [-0.25, -0.2) is 0 Å². The highest BCUT2D eigenvalue weighted by Gasteiger charge is 2.27. The summed E-state index contributed by atoms with van der Waals surface area (Å²) in [4.78, 5) is 29.5. The van der Waals surface area contributed by atoms with Gasteiger partial charge in [-0.3, -0.25) is 9.59 Å². The molecule has 2 aromatic rings. The Bertz CT molecular complexity index is 802. The molecule has 5 heteroatoms. The number of likely N-dealkylation sites (N-methyl/N-ethyl adjacent to an activating group) is 2. The predicted octanol–water partition coefficient (Wildman–Crippen LogP) is 3.30. The van der Waals surface area contributed by atoms with Gasteiger partial charge in [0, 0.05) is 31.6 Å². The number of anilines is 1. The van der Waals surface area contributed by atoms with Gasteiger partial charge in [0.15, 0.2) is 0 Å². The Labute approximate surface area is 145 Å². The molecule has 0 bridgehead atoms. The number of hydrogen-bond acceptors (Lipinski definition) is 3. The molecular formula is C19H18N2O2S. The number of hydrogen-bond donors (Lipinski definition) is 0. The zero-order valence-electron chi connectivity index (χ0n) is 13.6. The average molecular weight is 338 g/mol. The number of thioether (sulfide) groups is 1. The number of rotatable bonds is 3.